The van der Waals surface area contributed by atoms with Gasteiger partial charge in [-0.1, -0.05) is 48.5 Å². The molecule has 1 heteroatoms. The first-order valence-electron chi connectivity index (χ1n) is 7.70. The van der Waals surface area contributed by atoms with Gasteiger partial charge in [0.1, 0.15) is 0 Å². The van der Waals surface area contributed by atoms with Crippen LogP contribution >= 0.6 is 0 Å². The van der Waals surface area contributed by atoms with Crippen LogP contribution in [0.4, 0.5) is 0 Å². The largest absolute Gasteiger partial charge is 0.343 e. The highest BCUT2D eigenvalue weighted by molar-refractivity contribution is 6.12. The van der Waals surface area contributed by atoms with Crippen LogP contribution in [0.3, 0.4) is 0 Å². The second-order valence-corrected chi connectivity index (χ2v) is 6.08. The lowest BCUT2D eigenvalue weighted by Gasteiger charge is -2.06. The third-order valence-corrected chi connectivity index (χ3v) is 4.72. The molecule has 0 N–H and O–H groups in total. The summed E-state index contributed by atoms with van der Waals surface area (Å²) in [6.45, 7) is 4.37. The Morgan fingerprint density at radius 1 is 0.727 bits per heavy atom. The van der Waals surface area contributed by atoms with Gasteiger partial charge < -0.3 is 4.57 Å². The third kappa shape index (κ3) is 1.79. The molecule has 0 saturated heterocycles. The van der Waals surface area contributed by atoms with Crippen molar-refractivity contribution in [3.8, 4) is 11.1 Å². The van der Waals surface area contributed by atoms with E-state index in [1.54, 1.807) is 0 Å². The Kier molecular flexibility index (Phi) is 2.83. The minimum atomic E-state index is 1.27. The van der Waals surface area contributed by atoms with E-state index in [2.05, 4.69) is 86.1 Å². The van der Waals surface area contributed by atoms with E-state index in [1.165, 1.54) is 44.1 Å². The monoisotopic (exact) mass is 285 g/mol. The molecule has 0 amide bonds. The predicted molar refractivity (Wildman–Crippen MR) is 95.3 cm³/mol. The molecular formula is C21H19N. The van der Waals surface area contributed by atoms with Crippen LogP contribution < -0.4 is 0 Å². The molecule has 0 bridgehead atoms. The van der Waals surface area contributed by atoms with Gasteiger partial charge >= 0.3 is 0 Å². The molecule has 0 unspecified atom stereocenters. The van der Waals surface area contributed by atoms with Gasteiger partial charge in [0.25, 0.3) is 0 Å². The van der Waals surface area contributed by atoms with Gasteiger partial charge in [-0.2, -0.15) is 0 Å². The molecule has 108 valence electrons. The molecule has 4 aromatic rings. The van der Waals surface area contributed by atoms with Crippen LogP contribution in [0.5, 0.6) is 0 Å². The Morgan fingerprint density at radius 2 is 1.45 bits per heavy atom. The first kappa shape index (κ1) is 13.1. The summed E-state index contributed by atoms with van der Waals surface area (Å²) in [5.41, 5.74) is 7.89. The lowest BCUT2D eigenvalue weighted by atomic mass is 10.0. The summed E-state index contributed by atoms with van der Waals surface area (Å²) in [5, 5.41) is 2.68. The van der Waals surface area contributed by atoms with Gasteiger partial charge in [-0.3, -0.25) is 0 Å². The summed E-state index contributed by atoms with van der Waals surface area (Å²) < 4.78 is 2.33. The van der Waals surface area contributed by atoms with Crippen LogP contribution in [0, 0.1) is 13.8 Å². The summed E-state index contributed by atoms with van der Waals surface area (Å²) in [7, 11) is 2.17. The highest BCUT2D eigenvalue weighted by Crippen LogP contribution is 2.36. The van der Waals surface area contributed by atoms with Crippen LogP contribution in [0.15, 0.2) is 60.7 Å². The van der Waals surface area contributed by atoms with Gasteiger partial charge in [-0.05, 0) is 42.7 Å². The number of aryl methyl sites for hydroxylation is 3. The lowest BCUT2D eigenvalue weighted by molar-refractivity contribution is 1.01. The molecule has 0 saturated carbocycles. The molecule has 4 rings (SSSR count). The predicted octanol–water partition coefficient (Wildman–Crippen LogP) is 5.62. The maximum Gasteiger partial charge on any atom is 0.0568 e. The van der Waals surface area contributed by atoms with E-state index in [0.717, 1.165) is 0 Å². The first-order valence-corrected chi connectivity index (χ1v) is 7.70. The molecule has 0 fully saturated rings. The first-order chi connectivity index (χ1) is 10.7. The van der Waals surface area contributed by atoms with E-state index in [-0.39, 0.29) is 0 Å². The van der Waals surface area contributed by atoms with Crippen molar-refractivity contribution in [2.24, 2.45) is 7.05 Å². The van der Waals surface area contributed by atoms with Crippen molar-refractivity contribution in [1.29, 1.82) is 0 Å². The van der Waals surface area contributed by atoms with Gasteiger partial charge in [0, 0.05) is 28.9 Å². The normalized spacial score (nSPS) is 11.4. The molecule has 0 atom stereocenters. The Balaban J connectivity index is 2.18. The quantitative estimate of drug-likeness (QED) is 0.428. The molecule has 3 aromatic carbocycles. The second-order valence-electron chi connectivity index (χ2n) is 6.08. The number of nitrogens with zero attached hydrogens (tertiary/aromatic N) is 1. The van der Waals surface area contributed by atoms with Crippen molar-refractivity contribution in [1.82, 2.24) is 4.57 Å². The van der Waals surface area contributed by atoms with Gasteiger partial charge in [0.05, 0.1) is 5.52 Å². The van der Waals surface area contributed by atoms with Gasteiger partial charge in [0.15, 0.2) is 0 Å². The molecule has 1 nitrogen and oxygen atoms in total. The standard InChI is InChI=1S/C21H19N/c1-14-12-19-18-11-7-10-17(16-8-5-4-6-9-16)21(18)22(3)20(19)13-15(14)2/h4-13H,1-3H3. The molecular weight excluding hydrogens is 266 g/mol. The van der Waals surface area contributed by atoms with Crippen molar-refractivity contribution in [2.75, 3.05) is 0 Å². The van der Waals surface area contributed by atoms with Crippen LogP contribution in [0.1, 0.15) is 11.1 Å². The van der Waals surface area contributed by atoms with Crippen molar-refractivity contribution in [2.45, 2.75) is 13.8 Å². The zero-order chi connectivity index (χ0) is 15.3. The maximum absolute atomic E-state index is 2.33. The van der Waals surface area contributed by atoms with Crippen molar-refractivity contribution in [3.63, 3.8) is 0 Å². The van der Waals surface area contributed by atoms with E-state index in [0.29, 0.717) is 0 Å². The summed E-state index contributed by atoms with van der Waals surface area (Å²) in [6.07, 6.45) is 0. The molecule has 0 spiro atoms. The zero-order valence-electron chi connectivity index (χ0n) is 13.2. The number of benzene rings is 3. The smallest absolute Gasteiger partial charge is 0.0568 e. The maximum atomic E-state index is 2.33. The third-order valence-electron chi connectivity index (χ3n) is 4.72. The highest BCUT2D eigenvalue weighted by atomic mass is 14.9. The minimum Gasteiger partial charge on any atom is -0.343 e. The molecule has 0 radical (unpaired) electrons. The van der Waals surface area contributed by atoms with Crippen molar-refractivity contribution in [3.05, 3.63) is 71.8 Å². The fourth-order valence-electron chi connectivity index (χ4n) is 3.39. The van der Waals surface area contributed by atoms with Crippen molar-refractivity contribution < 1.29 is 0 Å². The molecule has 0 aliphatic carbocycles. The van der Waals surface area contributed by atoms with Crippen LogP contribution in [-0.4, -0.2) is 4.57 Å². The van der Waals surface area contributed by atoms with Crippen LogP contribution in [0.2, 0.25) is 0 Å². The Bertz CT molecular complexity index is 991. The van der Waals surface area contributed by atoms with E-state index < -0.39 is 0 Å². The summed E-state index contributed by atoms with van der Waals surface area (Å²) >= 11 is 0. The van der Waals surface area contributed by atoms with E-state index in [1.807, 2.05) is 0 Å². The number of fused-ring (bicyclic) bond motifs is 3. The number of rotatable bonds is 1. The Hall–Kier alpha value is -2.54. The summed E-state index contributed by atoms with van der Waals surface area (Å²) in [5.74, 6) is 0. The van der Waals surface area contributed by atoms with E-state index in [9.17, 15) is 0 Å². The second kappa shape index (κ2) is 4.74. The van der Waals surface area contributed by atoms with Crippen molar-refractivity contribution >= 4 is 21.8 Å². The van der Waals surface area contributed by atoms with E-state index in [4.69, 9.17) is 0 Å². The van der Waals surface area contributed by atoms with Gasteiger partial charge in [-0.25, -0.2) is 0 Å². The molecule has 0 aliphatic heterocycles. The fraction of sp³-hybridized carbons (Fsp3) is 0.143. The fourth-order valence-corrected chi connectivity index (χ4v) is 3.39. The lowest BCUT2D eigenvalue weighted by Crippen LogP contribution is -1.90. The number of para-hydroxylation sites is 1. The SMILES string of the molecule is Cc1cc2c3cccc(-c4ccccc4)c3n(C)c2cc1C. The topological polar surface area (TPSA) is 4.93 Å². The van der Waals surface area contributed by atoms with Gasteiger partial charge in [-0.15, -0.1) is 0 Å². The molecule has 1 heterocycles. The molecule has 0 aliphatic rings. The Labute approximate surface area is 130 Å². The number of hydrogen-bond donors (Lipinski definition) is 0. The molecule has 1 aromatic heterocycles. The summed E-state index contributed by atoms with van der Waals surface area (Å²) in [4.78, 5) is 0. The average Bonchev–Trinajstić information content (AvgIpc) is 2.82. The Morgan fingerprint density at radius 3 is 2.23 bits per heavy atom. The van der Waals surface area contributed by atoms with Crippen LogP contribution in [0.25, 0.3) is 32.9 Å². The minimum absolute atomic E-state index is 1.27. The average molecular weight is 285 g/mol. The number of hydrogen-bond acceptors (Lipinski definition) is 0. The zero-order valence-corrected chi connectivity index (χ0v) is 13.2. The number of aromatic nitrogens is 1. The van der Waals surface area contributed by atoms with E-state index >= 15 is 0 Å². The highest BCUT2D eigenvalue weighted by Gasteiger charge is 2.13. The van der Waals surface area contributed by atoms with Crippen LogP contribution in [-0.2, 0) is 7.05 Å². The summed E-state index contributed by atoms with van der Waals surface area (Å²) in [6, 6.07) is 21.9. The van der Waals surface area contributed by atoms with Gasteiger partial charge in [0.2, 0.25) is 0 Å². The molecule has 22 heavy (non-hydrogen) atoms.